The molecule has 3 fully saturated rings. The van der Waals surface area contributed by atoms with Crippen molar-refractivity contribution < 1.29 is 27.9 Å². The summed E-state index contributed by atoms with van der Waals surface area (Å²) in [6.07, 6.45) is 2.39. The molecule has 0 aromatic heterocycles. The van der Waals surface area contributed by atoms with Gasteiger partial charge in [0, 0.05) is 50.0 Å². The summed E-state index contributed by atoms with van der Waals surface area (Å²) in [5.41, 5.74) is 0.403. The smallest absolute Gasteiger partial charge is 0.410 e. The van der Waals surface area contributed by atoms with Gasteiger partial charge in [0.1, 0.15) is 17.4 Å². The fourth-order valence-electron chi connectivity index (χ4n) is 5.88. The zero-order valence-electron chi connectivity index (χ0n) is 22.7. The van der Waals surface area contributed by atoms with E-state index in [1.165, 1.54) is 41.3 Å². The highest BCUT2D eigenvalue weighted by atomic mass is 35.5. The molecule has 40 heavy (non-hydrogen) atoms. The van der Waals surface area contributed by atoms with Crippen LogP contribution in [0.3, 0.4) is 0 Å². The van der Waals surface area contributed by atoms with E-state index in [4.69, 9.17) is 16.3 Å². The normalized spacial score (nSPS) is 22.2. The third-order valence-electron chi connectivity index (χ3n) is 8.61. The highest BCUT2D eigenvalue weighted by molar-refractivity contribution is 6.30. The van der Waals surface area contributed by atoms with Crippen molar-refractivity contribution in [2.75, 3.05) is 32.7 Å². The Bertz CT molecular complexity index is 1280. The van der Waals surface area contributed by atoms with E-state index in [1.54, 1.807) is 11.0 Å². The van der Waals surface area contributed by atoms with E-state index >= 15 is 0 Å². The van der Waals surface area contributed by atoms with Crippen molar-refractivity contribution in [3.8, 4) is 5.75 Å². The number of hydrogen-bond donors (Lipinski definition) is 0. The number of hydrogen-bond acceptors (Lipinski definition) is 4. The predicted molar refractivity (Wildman–Crippen MR) is 146 cm³/mol. The van der Waals surface area contributed by atoms with Crippen LogP contribution in [0, 0.1) is 23.0 Å². The van der Waals surface area contributed by atoms with E-state index in [0.717, 1.165) is 12.8 Å². The van der Waals surface area contributed by atoms with Crippen molar-refractivity contribution >= 4 is 29.5 Å². The molecule has 0 radical (unpaired) electrons. The molecule has 0 unspecified atom stereocenters. The molecule has 2 aromatic rings. The van der Waals surface area contributed by atoms with Gasteiger partial charge in [-0.2, -0.15) is 0 Å². The molecule has 214 valence electrons. The van der Waals surface area contributed by atoms with Crippen molar-refractivity contribution in [3.05, 3.63) is 64.7 Å². The van der Waals surface area contributed by atoms with Crippen LogP contribution in [0.4, 0.5) is 13.6 Å². The van der Waals surface area contributed by atoms with Gasteiger partial charge in [-0.15, -0.1) is 0 Å². The molecule has 5 rings (SSSR count). The predicted octanol–water partition coefficient (Wildman–Crippen LogP) is 5.47. The van der Waals surface area contributed by atoms with Gasteiger partial charge in [-0.25, -0.2) is 13.6 Å². The van der Waals surface area contributed by atoms with Crippen molar-refractivity contribution in [2.45, 2.75) is 51.5 Å². The minimum absolute atomic E-state index is 0.00402. The first-order valence-electron chi connectivity index (χ1n) is 13.9. The molecule has 0 bridgehead atoms. The molecular formula is C30H34ClF2N3O4. The lowest BCUT2D eigenvalue weighted by molar-refractivity contribution is -0.142. The minimum atomic E-state index is -0.631. The molecule has 3 aliphatic rings. The van der Waals surface area contributed by atoms with Crippen LogP contribution < -0.4 is 4.74 Å². The molecular weight excluding hydrogens is 540 g/mol. The van der Waals surface area contributed by atoms with Gasteiger partial charge in [0.25, 0.3) is 0 Å². The first kappa shape index (κ1) is 28.3. The number of nitrogens with zero attached hydrogens (tertiary/aromatic N) is 3. The molecule has 2 saturated heterocycles. The van der Waals surface area contributed by atoms with E-state index < -0.39 is 23.8 Å². The van der Waals surface area contributed by atoms with Gasteiger partial charge in [-0.05, 0) is 74.6 Å². The summed E-state index contributed by atoms with van der Waals surface area (Å²) in [5.74, 6) is -1.24. The van der Waals surface area contributed by atoms with Gasteiger partial charge in [0.15, 0.2) is 0 Å². The van der Waals surface area contributed by atoms with Crippen LogP contribution in [0.15, 0.2) is 42.5 Å². The SMILES string of the molecule is CCN(C(=O)Oc1ccc(F)cc1)[C@@H]1CN(C(=O)C2CCN(C(=O)C3(C)CC3)CC2)C[C@H]1c1ccc(Cl)c(F)c1. The maximum absolute atomic E-state index is 14.5. The molecule has 2 aliphatic heterocycles. The Morgan fingerprint density at radius 2 is 1.70 bits per heavy atom. The number of halogens is 3. The van der Waals surface area contributed by atoms with Gasteiger partial charge >= 0.3 is 6.09 Å². The lowest BCUT2D eigenvalue weighted by atomic mass is 9.93. The van der Waals surface area contributed by atoms with Gasteiger partial charge in [-0.3, -0.25) is 9.59 Å². The first-order valence-corrected chi connectivity index (χ1v) is 14.2. The highest BCUT2D eigenvalue weighted by Crippen LogP contribution is 2.47. The number of ether oxygens (including phenoxy) is 1. The third kappa shape index (κ3) is 5.80. The standard InChI is InChI=1S/C30H34ClF2N3O4/c1-3-36(29(39)40-22-7-5-21(32)6-8-22)26-18-35(17-23(26)20-4-9-24(31)25(33)16-20)27(37)19-10-14-34(15-11-19)28(38)30(2)12-13-30/h4-9,16,19,23,26H,3,10-15,17-18H2,1-2H3/t23-,26+/m0/s1. The molecule has 10 heteroatoms. The summed E-state index contributed by atoms with van der Waals surface area (Å²) in [4.78, 5) is 44.9. The fourth-order valence-corrected chi connectivity index (χ4v) is 6.00. The van der Waals surface area contributed by atoms with Crippen molar-refractivity contribution in [1.29, 1.82) is 0 Å². The molecule has 0 spiro atoms. The highest BCUT2D eigenvalue weighted by Gasteiger charge is 2.48. The fraction of sp³-hybridized carbons (Fsp3) is 0.500. The second kappa shape index (κ2) is 11.4. The monoisotopic (exact) mass is 573 g/mol. The Hall–Kier alpha value is -3.20. The Kier molecular flexibility index (Phi) is 8.04. The van der Waals surface area contributed by atoms with Gasteiger partial charge in [0.05, 0.1) is 11.1 Å². The molecule has 1 aliphatic carbocycles. The Balaban J connectivity index is 1.32. The number of benzene rings is 2. The van der Waals surface area contributed by atoms with Gasteiger partial charge < -0.3 is 19.4 Å². The molecule has 2 aromatic carbocycles. The van der Waals surface area contributed by atoms with Crippen LogP contribution >= 0.6 is 11.6 Å². The zero-order chi connectivity index (χ0) is 28.6. The van der Waals surface area contributed by atoms with Crippen LogP contribution in [-0.4, -0.2) is 71.4 Å². The number of likely N-dealkylation sites (tertiary alicyclic amines) is 2. The summed E-state index contributed by atoms with van der Waals surface area (Å²) < 4.78 is 33.3. The van der Waals surface area contributed by atoms with Crippen LogP contribution in [0.25, 0.3) is 0 Å². The number of carbonyl (C=O) groups is 3. The number of carbonyl (C=O) groups excluding carboxylic acids is 3. The minimum Gasteiger partial charge on any atom is -0.410 e. The summed E-state index contributed by atoms with van der Waals surface area (Å²) in [6.45, 7) is 5.77. The first-order chi connectivity index (χ1) is 19.1. The summed E-state index contributed by atoms with van der Waals surface area (Å²) >= 11 is 5.93. The second-order valence-electron chi connectivity index (χ2n) is 11.3. The summed E-state index contributed by atoms with van der Waals surface area (Å²) in [5, 5.41) is -0.00402. The molecule has 7 nitrogen and oxygen atoms in total. The molecule has 0 N–H and O–H groups in total. The quantitative estimate of drug-likeness (QED) is 0.459. The third-order valence-corrected chi connectivity index (χ3v) is 8.92. The zero-order valence-corrected chi connectivity index (χ0v) is 23.5. The van der Waals surface area contributed by atoms with Crippen LogP contribution in [0.5, 0.6) is 5.75 Å². The van der Waals surface area contributed by atoms with Crippen LogP contribution in [0.2, 0.25) is 5.02 Å². The van der Waals surface area contributed by atoms with Gasteiger partial charge in [-0.1, -0.05) is 24.6 Å². The van der Waals surface area contributed by atoms with Crippen LogP contribution in [0.1, 0.15) is 51.0 Å². The topological polar surface area (TPSA) is 70.2 Å². The number of rotatable bonds is 6. The lowest BCUT2D eigenvalue weighted by Gasteiger charge is -2.35. The van der Waals surface area contributed by atoms with Crippen molar-refractivity contribution in [2.24, 2.45) is 11.3 Å². The maximum Gasteiger partial charge on any atom is 0.415 e. The van der Waals surface area contributed by atoms with Gasteiger partial charge in [0.2, 0.25) is 11.8 Å². The summed E-state index contributed by atoms with van der Waals surface area (Å²) in [6, 6.07) is 9.24. The Labute approximate surface area is 238 Å². The largest absolute Gasteiger partial charge is 0.415 e. The van der Waals surface area contributed by atoms with Crippen LogP contribution in [-0.2, 0) is 9.59 Å². The molecule has 3 amide bonds. The lowest BCUT2D eigenvalue weighted by Crippen LogP contribution is -2.47. The molecule has 1 saturated carbocycles. The van der Waals surface area contributed by atoms with E-state index in [1.807, 2.05) is 18.7 Å². The van der Waals surface area contributed by atoms with E-state index in [9.17, 15) is 23.2 Å². The summed E-state index contributed by atoms with van der Waals surface area (Å²) in [7, 11) is 0. The second-order valence-corrected chi connectivity index (χ2v) is 11.7. The Morgan fingerprint density at radius 3 is 2.30 bits per heavy atom. The maximum atomic E-state index is 14.5. The molecule has 2 atom stereocenters. The van der Waals surface area contributed by atoms with E-state index in [-0.39, 0.29) is 46.4 Å². The number of piperidine rings is 1. The molecule has 2 heterocycles. The van der Waals surface area contributed by atoms with E-state index in [2.05, 4.69) is 0 Å². The van der Waals surface area contributed by atoms with Crippen molar-refractivity contribution in [1.82, 2.24) is 14.7 Å². The average molecular weight is 574 g/mol. The van der Waals surface area contributed by atoms with Crippen molar-refractivity contribution in [3.63, 3.8) is 0 Å². The number of likely N-dealkylation sites (N-methyl/N-ethyl adjacent to an activating group) is 1. The van der Waals surface area contributed by atoms with E-state index in [0.29, 0.717) is 44.6 Å². The Morgan fingerprint density at radius 1 is 1.02 bits per heavy atom. The number of amides is 3. The average Bonchev–Trinajstić information content (AvgIpc) is 3.56.